The highest BCUT2D eigenvalue weighted by atomic mass is 16.5. The highest BCUT2D eigenvalue weighted by molar-refractivity contribution is 6.13. The first-order valence-corrected chi connectivity index (χ1v) is 7.08. The minimum Gasteiger partial charge on any atom is -0.279 e. The van der Waals surface area contributed by atoms with Crippen LogP contribution in [0.4, 0.5) is 0 Å². The normalized spacial score (nSPS) is 23.6. The molecule has 7 nitrogen and oxygen atoms in total. The van der Waals surface area contributed by atoms with Gasteiger partial charge in [-0.05, 0) is 6.42 Å². The van der Waals surface area contributed by atoms with E-state index >= 15 is 0 Å². The van der Waals surface area contributed by atoms with Crippen LogP contribution in [-0.2, 0) is 19.2 Å². The number of amides is 4. The molecule has 0 aliphatic carbocycles. The van der Waals surface area contributed by atoms with E-state index in [4.69, 9.17) is 0 Å². The number of hydroxylamine groups is 2. The second-order valence-electron chi connectivity index (χ2n) is 5.30. The Hall–Kier alpha value is -2.02. The van der Waals surface area contributed by atoms with Gasteiger partial charge in [-0.15, -0.1) is 0 Å². The summed E-state index contributed by atoms with van der Waals surface area (Å²) in [5, 5.41) is 9.46. The number of hydrogen-bond donors (Lipinski definition) is 1. The monoisotopic (exact) mass is 294 g/mol. The summed E-state index contributed by atoms with van der Waals surface area (Å²) < 4.78 is 0. The van der Waals surface area contributed by atoms with Crippen LogP contribution in [0, 0.1) is 5.92 Å². The third kappa shape index (κ3) is 2.87. The molecule has 2 atom stereocenters. The Morgan fingerprint density at radius 1 is 1.19 bits per heavy atom. The number of rotatable bonds is 6. The lowest BCUT2D eigenvalue weighted by Gasteiger charge is -2.29. The molecule has 0 aromatic carbocycles. The molecule has 1 saturated heterocycles. The van der Waals surface area contributed by atoms with E-state index in [1.807, 2.05) is 6.92 Å². The molecule has 2 unspecified atom stereocenters. The Kier molecular flexibility index (Phi) is 4.52. The Balaban J connectivity index is 2.20. The molecular formula is C14H18N2O5. The zero-order chi connectivity index (χ0) is 15.6. The van der Waals surface area contributed by atoms with Crippen molar-refractivity contribution in [3.05, 3.63) is 12.2 Å². The molecule has 0 aromatic heterocycles. The largest absolute Gasteiger partial charge is 0.279 e. The SMILES string of the molecule is CCCCCC(C1CC(=O)N(O)C1=O)N1C(=O)C=CC1=O. The number of carbonyl (C=O) groups excluding carboxylic acids is 4. The van der Waals surface area contributed by atoms with Crippen LogP contribution in [0.25, 0.3) is 0 Å². The first-order chi connectivity index (χ1) is 9.97. The Bertz CT molecular complexity index is 495. The standard InChI is InChI=1S/C14H18N2O5/c1-2-3-4-5-10(15-11(17)6-7-12(15)18)9-8-13(19)16(21)14(9)20/h6-7,9-10,21H,2-5,8H2,1H3. The van der Waals surface area contributed by atoms with Gasteiger partial charge in [0.05, 0.1) is 12.0 Å². The quantitative estimate of drug-likeness (QED) is 0.440. The predicted molar refractivity (Wildman–Crippen MR) is 70.7 cm³/mol. The van der Waals surface area contributed by atoms with Crippen molar-refractivity contribution in [2.75, 3.05) is 0 Å². The number of nitrogens with zero attached hydrogens (tertiary/aromatic N) is 2. The summed E-state index contributed by atoms with van der Waals surface area (Å²) in [5.74, 6) is -3.24. The van der Waals surface area contributed by atoms with Crippen LogP contribution in [0.5, 0.6) is 0 Å². The predicted octanol–water partition coefficient (Wildman–Crippen LogP) is 0.625. The van der Waals surface area contributed by atoms with E-state index in [0.29, 0.717) is 6.42 Å². The Labute approximate surface area is 122 Å². The summed E-state index contributed by atoms with van der Waals surface area (Å²) in [4.78, 5) is 48.1. The average Bonchev–Trinajstić information content (AvgIpc) is 2.91. The zero-order valence-corrected chi connectivity index (χ0v) is 11.8. The smallest absolute Gasteiger partial charge is 0.259 e. The van der Waals surface area contributed by atoms with Crippen molar-refractivity contribution < 1.29 is 24.4 Å². The molecule has 2 aliphatic heterocycles. The van der Waals surface area contributed by atoms with E-state index in [1.54, 1.807) is 0 Å². The molecule has 2 aliphatic rings. The average molecular weight is 294 g/mol. The van der Waals surface area contributed by atoms with Gasteiger partial charge in [0.2, 0.25) is 0 Å². The summed E-state index contributed by atoms with van der Waals surface area (Å²) in [5.41, 5.74) is 0. The molecule has 2 rings (SSSR count). The minimum absolute atomic E-state index is 0.0932. The summed E-state index contributed by atoms with van der Waals surface area (Å²) in [6, 6.07) is -0.680. The van der Waals surface area contributed by atoms with Crippen molar-refractivity contribution >= 4 is 23.6 Å². The third-order valence-corrected chi connectivity index (χ3v) is 3.90. The first kappa shape index (κ1) is 15.4. The molecule has 21 heavy (non-hydrogen) atoms. The van der Waals surface area contributed by atoms with Crippen LogP contribution in [-0.4, -0.2) is 44.8 Å². The van der Waals surface area contributed by atoms with Crippen LogP contribution < -0.4 is 0 Å². The van der Waals surface area contributed by atoms with Crippen LogP contribution in [0.1, 0.15) is 39.0 Å². The lowest BCUT2D eigenvalue weighted by molar-refractivity contribution is -0.172. The fourth-order valence-corrected chi connectivity index (χ4v) is 2.79. The maximum absolute atomic E-state index is 11.9. The zero-order valence-electron chi connectivity index (χ0n) is 11.8. The molecule has 0 saturated carbocycles. The van der Waals surface area contributed by atoms with Gasteiger partial charge in [-0.1, -0.05) is 26.2 Å². The second-order valence-corrected chi connectivity index (χ2v) is 5.30. The highest BCUT2D eigenvalue weighted by Crippen LogP contribution is 2.30. The van der Waals surface area contributed by atoms with E-state index < -0.39 is 35.6 Å². The molecule has 1 fully saturated rings. The summed E-state index contributed by atoms with van der Waals surface area (Å²) >= 11 is 0. The summed E-state index contributed by atoms with van der Waals surface area (Å²) in [6.07, 6.45) is 5.18. The van der Waals surface area contributed by atoms with Gasteiger partial charge in [-0.2, -0.15) is 5.06 Å². The van der Waals surface area contributed by atoms with Gasteiger partial charge in [0.1, 0.15) is 0 Å². The Morgan fingerprint density at radius 2 is 1.81 bits per heavy atom. The number of unbranched alkanes of at least 4 members (excludes halogenated alkanes) is 2. The van der Waals surface area contributed by atoms with E-state index in [9.17, 15) is 24.4 Å². The van der Waals surface area contributed by atoms with Crippen molar-refractivity contribution in [2.24, 2.45) is 5.92 Å². The van der Waals surface area contributed by atoms with Crippen molar-refractivity contribution in [1.29, 1.82) is 0 Å². The lowest BCUT2D eigenvalue weighted by Crippen LogP contribution is -2.46. The van der Waals surface area contributed by atoms with Crippen molar-refractivity contribution in [2.45, 2.75) is 45.1 Å². The molecule has 114 valence electrons. The van der Waals surface area contributed by atoms with Crippen molar-refractivity contribution in [3.8, 4) is 0 Å². The Morgan fingerprint density at radius 3 is 2.29 bits per heavy atom. The van der Waals surface area contributed by atoms with Gasteiger partial charge in [-0.25, -0.2) is 0 Å². The van der Waals surface area contributed by atoms with Gasteiger partial charge in [-0.3, -0.25) is 29.3 Å². The maximum atomic E-state index is 11.9. The molecule has 4 amide bonds. The van der Waals surface area contributed by atoms with E-state index in [1.165, 1.54) is 0 Å². The van der Waals surface area contributed by atoms with Gasteiger partial charge in [0.25, 0.3) is 23.6 Å². The molecule has 0 aromatic rings. The fourth-order valence-electron chi connectivity index (χ4n) is 2.79. The molecule has 2 heterocycles. The van der Waals surface area contributed by atoms with Gasteiger partial charge in [0.15, 0.2) is 0 Å². The van der Waals surface area contributed by atoms with Crippen molar-refractivity contribution in [3.63, 3.8) is 0 Å². The second kappa shape index (κ2) is 6.17. The number of carbonyl (C=O) groups is 4. The first-order valence-electron chi connectivity index (χ1n) is 7.08. The summed E-state index contributed by atoms with van der Waals surface area (Å²) in [6.45, 7) is 2.02. The van der Waals surface area contributed by atoms with E-state index in [0.717, 1.165) is 36.3 Å². The number of hydrogen-bond acceptors (Lipinski definition) is 5. The van der Waals surface area contributed by atoms with Gasteiger partial charge < -0.3 is 0 Å². The van der Waals surface area contributed by atoms with Crippen LogP contribution in [0.2, 0.25) is 0 Å². The third-order valence-electron chi connectivity index (χ3n) is 3.90. The highest BCUT2D eigenvalue weighted by Gasteiger charge is 2.47. The fraction of sp³-hybridized carbons (Fsp3) is 0.571. The molecular weight excluding hydrogens is 276 g/mol. The summed E-state index contributed by atoms with van der Waals surface area (Å²) in [7, 11) is 0. The molecule has 0 spiro atoms. The topological polar surface area (TPSA) is 95.0 Å². The molecule has 0 radical (unpaired) electrons. The van der Waals surface area contributed by atoms with Crippen LogP contribution in [0.15, 0.2) is 12.2 Å². The van der Waals surface area contributed by atoms with E-state index in [-0.39, 0.29) is 11.5 Å². The van der Waals surface area contributed by atoms with Crippen LogP contribution >= 0.6 is 0 Å². The molecule has 0 bridgehead atoms. The number of imide groups is 2. The lowest BCUT2D eigenvalue weighted by atomic mass is 9.91. The van der Waals surface area contributed by atoms with Gasteiger partial charge in [0, 0.05) is 18.6 Å². The molecule has 7 heteroatoms. The van der Waals surface area contributed by atoms with E-state index in [2.05, 4.69) is 0 Å². The van der Waals surface area contributed by atoms with Gasteiger partial charge >= 0.3 is 0 Å². The molecule has 1 N–H and O–H groups in total. The minimum atomic E-state index is -0.854. The maximum Gasteiger partial charge on any atom is 0.259 e. The van der Waals surface area contributed by atoms with Crippen LogP contribution in [0.3, 0.4) is 0 Å². The van der Waals surface area contributed by atoms with Crippen molar-refractivity contribution in [1.82, 2.24) is 9.96 Å².